The Hall–Kier alpha value is -1.14. The minimum Gasteiger partial charge on any atom is -0.463 e. The first-order valence-electron chi connectivity index (χ1n) is 6.15. The molecule has 0 radical (unpaired) electrons. The predicted molar refractivity (Wildman–Crippen MR) is 70.6 cm³/mol. The highest BCUT2D eigenvalue weighted by atomic mass is 31.2. The summed E-state index contributed by atoms with van der Waals surface area (Å²) >= 11 is 0. The zero-order valence-electron chi connectivity index (χ0n) is 11.9. The summed E-state index contributed by atoms with van der Waals surface area (Å²) in [5, 5.41) is 10.2. The van der Waals surface area contributed by atoms with Crippen molar-refractivity contribution in [3.8, 4) is 0 Å². The number of esters is 1. The molecule has 1 unspecified atom stereocenters. The second kappa shape index (κ2) is 7.04. The normalized spacial score (nSPS) is 13.2. The van der Waals surface area contributed by atoms with Crippen LogP contribution in [0.1, 0.15) is 41.6 Å². The molecular weight excluding hydrogens is 287 g/mol. The van der Waals surface area contributed by atoms with E-state index in [4.69, 9.17) is 13.5 Å². The number of ether oxygens (including phenoxy) is 1. The SMILES string of the molecule is CCOP(=O)(OCC)C(O)c1cc(C(=O)OC)oc1C. The van der Waals surface area contributed by atoms with Crippen molar-refractivity contribution >= 4 is 13.6 Å². The number of aliphatic hydroxyl groups excluding tert-OH is 1. The summed E-state index contributed by atoms with van der Waals surface area (Å²) in [6.45, 7) is 5.05. The van der Waals surface area contributed by atoms with Gasteiger partial charge in [0.25, 0.3) is 0 Å². The van der Waals surface area contributed by atoms with Gasteiger partial charge in [0.2, 0.25) is 5.76 Å². The number of carbonyl (C=O) groups is 1. The number of aryl methyl sites for hydroxylation is 1. The molecule has 0 bridgehead atoms. The molecule has 0 amide bonds. The maximum Gasteiger partial charge on any atom is 0.373 e. The minimum absolute atomic E-state index is 0.0846. The Morgan fingerprint density at radius 2 is 1.95 bits per heavy atom. The molecule has 0 aromatic carbocycles. The van der Waals surface area contributed by atoms with Crippen molar-refractivity contribution in [3.05, 3.63) is 23.2 Å². The number of carbonyl (C=O) groups excluding carboxylic acids is 1. The van der Waals surface area contributed by atoms with Gasteiger partial charge in [-0.1, -0.05) is 0 Å². The molecule has 1 rings (SSSR count). The van der Waals surface area contributed by atoms with E-state index in [1.807, 2.05) is 0 Å². The van der Waals surface area contributed by atoms with Crippen molar-refractivity contribution in [1.82, 2.24) is 0 Å². The summed E-state index contributed by atoms with van der Waals surface area (Å²) in [5.74, 6) is -2.05. The van der Waals surface area contributed by atoms with Crippen LogP contribution in [0.25, 0.3) is 0 Å². The van der Waals surface area contributed by atoms with Crippen LogP contribution in [0.5, 0.6) is 0 Å². The zero-order valence-corrected chi connectivity index (χ0v) is 12.8. The Labute approximate surface area is 117 Å². The summed E-state index contributed by atoms with van der Waals surface area (Å²) in [5.41, 5.74) is 0.177. The topological polar surface area (TPSA) is 95.2 Å². The van der Waals surface area contributed by atoms with Gasteiger partial charge >= 0.3 is 13.6 Å². The van der Waals surface area contributed by atoms with E-state index >= 15 is 0 Å². The molecule has 0 saturated carbocycles. The molecule has 0 aliphatic rings. The van der Waals surface area contributed by atoms with Gasteiger partial charge in [0.1, 0.15) is 5.76 Å². The quantitative estimate of drug-likeness (QED) is 0.611. The van der Waals surface area contributed by atoms with Crippen LogP contribution in [0.4, 0.5) is 0 Å². The van der Waals surface area contributed by atoms with Crippen LogP contribution in [0.2, 0.25) is 0 Å². The molecule has 1 N–H and O–H groups in total. The van der Waals surface area contributed by atoms with Gasteiger partial charge in [-0.25, -0.2) is 4.79 Å². The van der Waals surface area contributed by atoms with E-state index in [0.29, 0.717) is 0 Å². The average molecular weight is 306 g/mol. The maximum absolute atomic E-state index is 12.5. The second-order valence-corrected chi connectivity index (χ2v) is 5.95. The minimum atomic E-state index is -3.74. The van der Waals surface area contributed by atoms with Crippen LogP contribution in [0.3, 0.4) is 0 Å². The van der Waals surface area contributed by atoms with Crippen LogP contribution < -0.4 is 0 Å². The molecule has 0 fully saturated rings. The van der Waals surface area contributed by atoms with Gasteiger partial charge in [-0.2, -0.15) is 0 Å². The zero-order chi connectivity index (χ0) is 15.3. The molecule has 114 valence electrons. The third-order valence-corrected chi connectivity index (χ3v) is 4.65. The first-order valence-corrected chi connectivity index (χ1v) is 7.76. The largest absolute Gasteiger partial charge is 0.463 e. The van der Waals surface area contributed by atoms with E-state index in [0.717, 1.165) is 0 Å². The fraction of sp³-hybridized carbons (Fsp3) is 0.583. The van der Waals surface area contributed by atoms with E-state index in [1.165, 1.54) is 20.1 Å². The lowest BCUT2D eigenvalue weighted by atomic mass is 10.2. The van der Waals surface area contributed by atoms with Crippen LogP contribution in [-0.4, -0.2) is 31.4 Å². The van der Waals surface area contributed by atoms with E-state index in [1.54, 1.807) is 13.8 Å². The highest BCUT2D eigenvalue weighted by Crippen LogP contribution is 2.60. The highest BCUT2D eigenvalue weighted by Gasteiger charge is 2.38. The lowest BCUT2D eigenvalue weighted by Gasteiger charge is -2.21. The van der Waals surface area contributed by atoms with E-state index in [-0.39, 0.29) is 30.3 Å². The first-order chi connectivity index (χ1) is 9.39. The Balaban J connectivity index is 3.12. The van der Waals surface area contributed by atoms with Gasteiger partial charge in [-0.15, -0.1) is 0 Å². The van der Waals surface area contributed by atoms with Crippen LogP contribution in [0.15, 0.2) is 10.5 Å². The highest BCUT2D eigenvalue weighted by molar-refractivity contribution is 7.54. The van der Waals surface area contributed by atoms with Gasteiger partial charge in [-0.05, 0) is 26.8 Å². The summed E-state index contributed by atoms with van der Waals surface area (Å²) in [6.07, 6.45) is 0. The van der Waals surface area contributed by atoms with Crippen LogP contribution >= 0.6 is 7.60 Å². The third-order valence-electron chi connectivity index (χ3n) is 2.54. The number of rotatable bonds is 7. The monoisotopic (exact) mass is 306 g/mol. The smallest absolute Gasteiger partial charge is 0.373 e. The molecule has 7 nitrogen and oxygen atoms in total. The Kier molecular flexibility index (Phi) is 5.95. The molecule has 1 heterocycles. The van der Waals surface area contributed by atoms with Crippen molar-refractivity contribution < 1.29 is 32.7 Å². The lowest BCUT2D eigenvalue weighted by molar-refractivity contribution is 0.0563. The van der Waals surface area contributed by atoms with Crippen molar-refractivity contribution in [1.29, 1.82) is 0 Å². The van der Waals surface area contributed by atoms with Crippen molar-refractivity contribution in [2.75, 3.05) is 20.3 Å². The fourth-order valence-electron chi connectivity index (χ4n) is 1.66. The molecule has 8 heteroatoms. The van der Waals surface area contributed by atoms with Crippen LogP contribution in [0, 0.1) is 6.92 Å². The third kappa shape index (κ3) is 3.49. The van der Waals surface area contributed by atoms with Gasteiger partial charge < -0.3 is 23.3 Å². The maximum atomic E-state index is 12.5. The molecule has 1 aromatic rings. The van der Waals surface area contributed by atoms with E-state index in [2.05, 4.69) is 4.74 Å². The number of hydrogen-bond acceptors (Lipinski definition) is 7. The Morgan fingerprint density at radius 3 is 2.40 bits per heavy atom. The summed E-state index contributed by atoms with van der Waals surface area (Å²) in [4.78, 5) is 11.4. The van der Waals surface area contributed by atoms with Gasteiger partial charge in [0, 0.05) is 5.56 Å². The van der Waals surface area contributed by atoms with Crippen LogP contribution in [-0.2, 0) is 18.3 Å². The molecule has 1 atom stereocenters. The molecular formula is C12H19O7P. The summed E-state index contributed by atoms with van der Waals surface area (Å²) in [7, 11) is -2.53. The Morgan fingerprint density at radius 1 is 1.40 bits per heavy atom. The molecule has 0 aliphatic heterocycles. The second-order valence-electron chi connectivity index (χ2n) is 3.86. The molecule has 0 saturated heterocycles. The van der Waals surface area contributed by atoms with Gasteiger partial charge in [0.15, 0.2) is 5.85 Å². The number of aliphatic hydroxyl groups is 1. The predicted octanol–water partition coefficient (Wildman–Crippen LogP) is 2.63. The number of methoxy groups -OCH3 is 1. The summed E-state index contributed by atoms with van der Waals surface area (Å²) in [6, 6.07) is 1.27. The number of furan rings is 1. The first kappa shape index (κ1) is 16.9. The molecule has 20 heavy (non-hydrogen) atoms. The standard InChI is InChI=1S/C12H19O7P/c1-5-17-20(15,18-6-2)12(14)9-7-10(11(13)16-4)19-8(9)3/h7,12,14H,5-6H2,1-4H3. The lowest BCUT2D eigenvalue weighted by Crippen LogP contribution is -2.06. The molecule has 1 aromatic heterocycles. The average Bonchev–Trinajstić information content (AvgIpc) is 2.79. The fourth-order valence-corrected chi connectivity index (χ4v) is 3.34. The van der Waals surface area contributed by atoms with Crippen molar-refractivity contribution in [2.45, 2.75) is 26.6 Å². The van der Waals surface area contributed by atoms with Gasteiger partial charge in [0.05, 0.1) is 20.3 Å². The molecule has 0 aliphatic carbocycles. The summed E-state index contributed by atoms with van der Waals surface area (Å²) < 4.78 is 32.3. The number of hydrogen-bond donors (Lipinski definition) is 1. The van der Waals surface area contributed by atoms with Gasteiger partial charge in [-0.3, -0.25) is 4.57 Å². The van der Waals surface area contributed by atoms with Crippen molar-refractivity contribution in [2.24, 2.45) is 0 Å². The van der Waals surface area contributed by atoms with E-state index < -0.39 is 19.4 Å². The van der Waals surface area contributed by atoms with Crippen molar-refractivity contribution in [3.63, 3.8) is 0 Å². The Bertz CT molecular complexity index is 498. The van der Waals surface area contributed by atoms with E-state index in [9.17, 15) is 14.5 Å². The molecule has 0 spiro atoms.